The van der Waals surface area contributed by atoms with Crippen LogP contribution in [0.5, 0.6) is 0 Å². The molecule has 0 saturated carbocycles. The lowest BCUT2D eigenvalue weighted by Gasteiger charge is -2.07. The summed E-state index contributed by atoms with van der Waals surface area (Å²) < 4.78 is 4.74. The second-order valence-electron chi connectivity index (χ2n) is 3.32. The zero-order valence-corrected chi connectivity index (χ0v) is 9.95. The van der Waals surface area contributed by atoms with Crippen molar-refractivity contribution < 1.29 is 14.3 Å². The highest BCUT2D eigenvalue weighted by molar-refractivity contribution is 5.91. The number of carbonyl (C=O) groups excluding carboxylic acids is 2. The first kappa shape index (κ1) is 13.0. The first-order chi connectivity index (χ1) is 8.15. The Kier molecular flexibility index (Phi) is 5.00. The van der Waals surface area contributed by atoms with Crippen molar-refractivity contribution in [1.29, 1.82) is 0 Å². The third-order valence-corrected chi connectivity index (χ3v) is 2.01. The first-order valence-corrected chi connectivity index (χ1v) is 5.49. The molecule has 17 heavy (non-hydrogen) atoms. The lowest BCUT2D eigenvalue weighted by molar-refractivity contribution is -0.115. The molecule has 0 saturated heterocycles. The van der Waals surface area contributed by atoms with Crippen LogP contribution in [0.4, 0.5) is 16.2 Å². The maximum atomic E-state index is 11.1. The number of carbonyl (C=O) groups is 2. The monoisotopic (exact) mass is 236 g/mol. The Morgan fingerprint density at radius 1 is 1.06 bits per heavy atom. The minimum atomic E-state index is -0.488. The van der Waals surface area contributed by atoms with Crippen LogP contribution in [0, 0.1) is 0 Å². The standard InChI is InChI=1S/C12H16N2O3/c1-3-11(15)13-9-5-7-10(8-6-9)14-12(16)17-4-2/h5-8H,3-4H2,1-2H3,(H,13,15)(H,14,16). The highest BCUT2D eigenvalue weighted by Gasteiger charge is 2.02. The number of anilines is 2. The Labute approximate surface area is 100 Å². The second kappa shape index (κ2) is 6.52. The molecule has 1 aromatic rings. The number of nitrogens with one attached hydrogen (secondary N) is 2. The van der Waals surface area contributed by atoms with Crippen molar-refractivity contribution in [2.45, 2.75) is 20.3 Å². The highest BCUT2D eigenvalue weighted by atomic mass is 16.5. The second-order valence-corrected chi connectivity index (χ2v) is 3.32. The molecule has 1 rings (SSSR count). The van der Waals surface area contributed by atoms with Crippen molar-refractivity contribution in [2.24, 2.45) is 0 Å². The van der Waals surface area contributed by atoms with Crippen LogP contribution < -0.4 is 10.6 Å². The van der Waals surface area contributed by atoms with Gasteiger partial charge in [-0.1, -0.05) is 6.92 Å². The molecule has 0 heterocycles. The number of ether oxygens (including phenoxy) is 1. The zero-order chi connectivity index (χ0) is 12.7. The molecular weight excluding hydrogens is 220 g/mol. The molecule has 5 nitrogen and oxygen atoms in total. The molecule has 0 fully saturated rings. The van der Waals surface area contributed by atoms with E-state index in [1.54, 1.807) is 38.1 Å². The van der Waals surface area contributed by atoms with Crippen LogP contribution in [-0.2, 0) is 9.53 Å². The SMILES string of the molecule is CCOC(=O)Nc1ccc(NC(=O)CC)cc1. The van der Waals surface area contributed by atoms with E-state index in [-0.39, 0.29) is 5.91 Å². The lowest BCUT2D eigenvalue weighted by Crippen LogP contribution is -2.13. The van der Waals surface area contributed by atoms with Crippen LogP contribution >= 0.6 is 0 Å². The Morgan fingerprint density at radius 2 is 1.59 bits per heavy atom. The van der Waals surface area contributed by atoms with E-state index in [2.05, 4.69) is 10.6 Å². The molecule has 92 valence electrons. The van der Waals surface area contributed by atoms with Crippen molar-refractivity contribution in [3.05, 3.63) is 24.3 Å². The summed E-state index contributed by atoms with van der Waals surface area (Å²) in [6, 6.07) is 6.83. The van der Waals surface area contributed by atoms with Gasteiger partial charge in [-0.25, -0.2) is 4.79 Å². The van der Waals surface area contributed by atoms with Crippen LogP contribution in [0.2, 0.25) is 0 Å². The van der Waals surface area contributed by atoms with E-state index >= 15 is 0 Å². The fraction of sp³-hybridized carbons (Fsp3) is 0.333. The number of hydrogen-bond donors (Lipinski definition) is 2. The Morgan fingerprint density at radius 3 is 2.06 bits per heavy atom. The van der Waals surface area contributed by atoms with Gasteiger partial charge in [0.05, 0.1) is 6.61 Å². The average Bonchev–Trinajstić information content (AvgIpc) is 2.32. The van der Waals surface area contributed by atoms with Crippen LogP contribution in [-0.4, -0.2) is 18.6 Å². The average molecular weight is 236 g/mol. The van der Waals surface area contributed by atoms with E-state index in [0.29, 0.717) is 24.4 Å². The van der Waals surface area contributed by atoms with Gasteiger partial charge in [0.15, 0.2) is 0 Å². The highest BCUT2D eigenvalue weighted by Crippen LogP contribution is 2.13. The van der Waals surface area contributed by atoms with Gasteiger partial charge in [0.1, 0.15) is 0 Å². The van der Waals surface area contributed by atoms with Gasteiger partial charge < -0.3 is 10.1 Å². The molecule has 2 N–H and O–H groups in total. The fourth-order valence-electron chi connectivity index (χ4n) is 1.17. The van der Waals surface area contributed by atoms with Gasteiger partial charge in [0, 0.05) is 17.8 Å². The molecule has 0 bridgehead atoms. The van der Waals surface area contributed by atoms with Crippen molar-refractivity contribution in [3.8, 4) is 0 Å². The van der Waals surface area contributed by atoms with E-state index in [0.717, 1.165) is 0 Å². The molecule has 1 aromatic carbocycles. The summed E-state index contributed by atoms with van der Waals surface area (Å²) >= 11 is 0. The van der Waals surface area contributed by atoms with Gasteiger partial charge in [-0.15, -0.1) is 0 Å². The summed E-state index contributed by atoms with van der Waals surface area (Å²) in [6.07, 6.45) is -0.0547. The van der Waals surface area contributed by atoms with Gasteiger partial charge in [-0.2, -0.15) is 0 Å². The molecule has 0 radical (unpaired) electrons. The fourth-order valence-corrected chi connectivity index (χ4v) is 1.17. The van der Waals surface area contributed by atoms with Gasteiger partial charge in [0.2, 0.25) is 5.91 Å². The maximum Gasteiger partial charge on any atom is 0.411 e. The molecule has 5 heteroatoms. The van der Waals surface area contributed by atoms with Gasteiger partial charge in [-0.05, 0) is 31.2 Å². The maximum absolute atomic E-state index is 11.1. The number of rotatable bonds is 4. The van der Waals surface area contributed by atoms with Gasteiger partial charge in [0.25, 0.3) is 0 Å². The van der Waals surface area contributed by atoms with Crippen molar-refractivity contribution in [1.82, 2.24) is 0 Å². The predicted octanol–water partition coefficient (Wildman–Crippen LogP) is 2.60. The van der Waals surface area contributed by atoms with E-state index < -0.39 is 6.09 Å². The van der Waals surface area contributed by atoms with Gasteiger partial charge in [-0.3, -0.25) is 10.1 Å². The number of hydrogen-bond acceptors (Lipinski definition) is 3. The van der Waals surface area contributed by atoms with Crippen molar-refractivity contribution in [2.75, 3.05) is 17.2 Å². The molecule has 0 aliphatic rings. The summed E-state index contributed by atoms with van der Waals surface area (Å²) in [5, 5.41) is 5.28. The third kappa shape index (κ3) is 4.55. The zero-order valence-electron chi connectivity index (χ0n) is 9.95. The Bertz CT molecular complexity index is 387. The normalized spacial score (nSPS) is 9.53. The Hall–Kier alpha value is -2.04. The smallest absolute Gasteiger partial charge is 0.411 e. The summed E-state index contributed by atoms with van der Waals surface area (Å²) in [5.41, 5.74) is 1.32. The van der Waals surface area contributed by atoms with E-state index in [9.17, 15) is 9.59 Å². The van der Waals surface area contributed by atoms with E-state index in [4.69, 9.17) is 4.74 Å². The molecule has 0 aliphatic carbocycles. The minimum absolute atomic E-state index is 0.0453. The van der Waals surface area contributed by atoms with Crippen molar-refractivity contribution >= 4 is 23.4 Å². The summed E-state index contributed by atoms with van der Waals surface area (Å²) in [5.74, 6) is -0.0453. The molecule has 0 atom stereocenters. The van der Waals surface area contributed by atoms with Gasteiger partial charge >= 0.3 is 6.09 Å². The summed E-state index contributed by atoms with van der Waals surface area (Å²) in [7, 11) is 0. The Balaban J connectivity index is 2.55. The van der Waals surface area contributed by atoms with Crippen LogP contribution in [0.15, 0.2) is 24.3 Å². The lowest BCUT2D eigenvalue weighted by atomic mass is 10.2. The predicted molar refractivity (Wildman–Crippen MR) is 66.0 cm³/mol. The van der Waals surface area contributed by atoms with Crippen molar-refractivity contribution in [3.63, 3.8) is 0 Å². The molecular formula is C12H16N2O3. The molecule has 0 aliphatic heterocycles. The molecule has 0 aromatic heterocycles. The quantitative estimate of drug-likeness (QED) is 0.844. The van der Waals surface area contributed by atoms with Crippen LogP contribution in [0.1, 0.15) is 20.3 Å². The van der Waals surface area contributed by atoms with E-state index in [1.807, 2.05) is 0 Å². The summed E-state index contributed by atoms with van der Waals surface area (Å²) in [4.78, 5) is 22.2. The van der Waals surface area contributed by atoms with E-state index in [1.165, 1.54) is 0 Å². The minimum Gasteiger partial charge on any atom is -0.450 e. The van der Waals surface area contributed by atoms with Crippen LogP contribution in [0.3, 0.4) is 0 Å². The molecule has 0 unspecified atom stereocenters. The first-order valence-electron chi connectivity index (χ1n) is 5.49. The van der Waals surface area contributed by atoms with Crippen LogP contribution in [0.25, 0.3) is 0 Å². The number of benzene rings is 1. The topological polar surface area (TPSA) is 67.4 Å². The summed E-state index contributed by atoms with van der Waals surface area (Å²) in [6.45, 7) is 3.85. The third-order valence-electron chi connectivity index (χ3n) is 2.01. The molecule has 2 amide bonds. The molecule has 0 spiro atoms. The number of amides is 2. The largest absolute Gasteiger partial charge is 0.450 e.